The number of amides is 2. The van der Waals surface area contributed by atoms with Gasteiger partial charge in [-0.05, 0) is 6.42 Å². The highest BCUT2D eigenvalue weighted by molar-refractivity contribution is 6.04. The van der Waals surface area contributed by atoms with Crippen LogP contribution in [0.15, 0.2) is 0 Å². The summed E-state index contributed by atoms with van der Waals surface area (Å²) in [5.74, 6) is -3.72. The Bertz CT molecular complexity index is 364. The maximum absolute atomic E-state index is 11.1. The fraction of sp³-hybridized carbons (Fsp3) is 0.556. The third kappa shape index (κ3) is 3.52. The average Bonchev–Trinajstić information content (AvgIpc) is 2.44. The minimum Gasteiger partial charge on any atom is -0.481 e. The topological polar surface area (TPSA) is 121 Å². The van der Waals surface area contributed by atoms with Crippen molar-refractivity contribution in [2.24, 2.45) is 0 Å². The minimum absolute atomic E-state index is 0.0486. The summed E-state index contributed by atoms with van der Waals surface area (Å²) in [5.41, 5.74) is 0. The van der Waals surface area contributed by atoms with Crippen LogP contribution in [0.1, 0.15) is 25.7 Å². The van der Waals surface area contributed by atoms with Crippen LogP contribution in [0.4, 0.5) is 0 Å². The molecule has 0 aromatic carbocycles. The predicted molar refractivity (Wildman–Crippen MR) is 50.1 cm³/mol. The third-order valence-electron chi connectivity index (χ3n) is 2.04. The summed E-state index contributed by atoms with van der Waals surface area (Å²) < 4.78 is 0. The van der Waals surface area contributed by atoms with Gasteiger partial charge < -0.3 is 15.1 Å². The molecule has 8 nitrogen and oxygen atoms in total. The van der Waals surface area contributed by atoms with E-state index in [1.54, 1.807) is 0 Å². The van der Waals surface area contributed by atoms with Gasteiger partial charge in [-0.25, -0.2) is 4.79 Å². The van der Waals surface area contributed by atoms with E-state index in [0.717, 1.165) is 0 Å². The normalized spacial score (nSPS) is 19.6. The first kappa shape index (κ1) is 13.1. The SMILES string of the molecule is O=C(O)CCCC(=O)ON1C(=O)CC(O)C1=O. The molecule has 1 unspecified atom stereocenters. The summed E-state index contributed by atoms with van der Waals surface area (Å²) >= 11 is 0. The van der Waals surface area contributed by atoms with Crippen molar-refractivity contribution < 1.29 is 34.2 Å². The molecule has 2 N–H and O–H groups in total. The number of carboxylic acids is 1. The molecule has 17 heavy (non-hydrogen) atoms. The molecule has 1 rings (SSSR count). The van der Waals surface area contributed by atoms with Crippen LogP contribution in [0, 0.1) is 0 Å². The second-order valence-corrected chi connectivity index (χ2v) is 3.46. The Morgan fingerprint density at radius 3 is 2.47 bits per heavy atom. The van der Waals surface area contributed by atoms with Gasteiger partial charge in [0.25, 0.3) is 11.8 Å². The number of rotatable bonds is 5. The van der Waals surface area contributed by atoms with Gasteiger partial charge in [0, 0.05) is 12.8 Å². The highest BCUT2D eigenvalue weighted by Crippen LogP contribution is 2.14. The number of carboxylic acid groups (broad SMARTS) is 1. The van der Waals surface area contributed by atoms with Gasteiger partial charge in [0.15, 0.2) is 0 Å². The van der Waals surface area contributed by atoms with Crippen LogP contribution in [0.2, 0.25) is 0 Å². The highest BCUT2D eigenvalue weighted by Gasteiger charge is 2.40. The maximum Gasteiger partial charge on any atom is 0.333 e. The number of hydrogen-bond donors (Lipinski definition) is 2. The molecule has 0 spiro atoms. The quantitative estimate of drug-likeness (QED) is 0.584. The summed E-state index contributed by atoms with van der Waals surface area (Å²) in [6.45, 7) is 0. The molecule has 1 aliphatic heterocycles. The zero-order valence-corrected chi connectivity index (χ0v) is 8.79. The second-order valence-electron chi connectivity index (χ2n) is 3.46. The van der Waals surface area contributed by atoms with E-state index in [-0.39, 0.29) is 24.3 Å². The summed E-state index contributed by atoms with van der Waals surface area (Å²) in [4.78, 5) is 47.9. The number of aliphatic hydroxyl groups is 1. The lowest BCUT2D eigenvalue weighted by Gasteiger charge is -2.12. The molecule has 1 fully saturated rings. The smallest absolute Gasteiger partial charge is 0.333 e. The summed E-state index contributed by atoms with van der Waals surface area (Å²) in [7, 11) is 0. The Morgan fingerprint density at radius 2 is 2.00 bits per heavy atom. The van der Waals surface area contributed by atoms with Crippen LogP contribution in [-0.2, 0) is 24.0 Å². The molecule has 0 saturated carbocycles. The number of nitrogens with zero attached hydrogens (tertiary/aromatic N) is 1. The standard InChI is InChI=1S/C9H11NO7/c11-5-4-6(12)10(9(5)16)17-8(15)3-1-2-7(13)14/h5,11H,1-4H2,(H,13,14). The van der Waals surface area contributed by atoms with E-state index in [1.165, 1.54) is 0 Å². The van der Waals surface area contributed by atoms with Crippen LogP contribution >= 0.6 is 0 Å². The molecule has 0 aromatic heterocycles. The zero-order valence-electron chi connectivity index (χ0n) is 8.79. The number of carbonyl (C=O) groups is 4. The van der Waals surface area contributed by atoms with Crippen molar-refractivity contribution in [1.82, 2.24) is 5.06 Å². The third-order valence-corrected chi connectivity index (χ3v) is 2.04. The number of aliphatic carboxylic acids is 1. The van der Waals surface area contributed by atoms with Crippen molar-refractivity contribution in [1.29, 1.82) is 0 Å². The highest BCUT2D eigenvalue weighted by atomic mass is 16.7. The van der Waals surface area contributed by atoms with Crippen LogP contribution in [0.3, 0.4) is 0 Å². The van der Waals surface area contributed by atoms with E-state index >= 15 is 0 Å². The van der Waals surface area contributed by atoms with Gasteiger partial charge in [-0.1, -0.05) is 5.06 Å². The van der Waals surface area contributed by atoms with Crippen LogP contribution in [0.5, 0.6) is 0 Å². The maximum atomic E-state index is 11.1. The fourth-order valence-corrected chi connectivity index (χ4v) is 1.22. The first-order valence-corrected chi connectivity index (χ1v) is 4.89. The molecule has 94 valence electrons. The van der Waals surface area contributed by atoms with Gasteiger partial charge in [0.1, 0.15) is 6.10 Å². The molecule has 0 aliphatic carbocycles. The Morgan fingerprint density at radius 1 is 1.35 bits per heavy atom. The van der Waals surface area contributed by atoms with Crippen LogP contribution in [0.25, 0.3) is 0 Å². The molecule has 1 heterocycles. The Hall–Kier alpha value is -1.96. The molecule has 0 radical (unpaired) electrons. The van der Waals surface area contributed by atoms with Crippen LogP contribution < -0.4 is 0 Å². The van der Waals surface area contributed by atoms with Crippen molar-refractivity contribution in [2.45, 2.75) is 31.8 Å². The Balaban J connectivity index is 2.38. The predicted octanol–water partition coefficient (Wildman–Crippen LogP) is -1.18. The second kappa shape index (κ2) is 5.39. The minimum atomic E-state index is -1.48. The van der Waals surface area contributed by atoms with Gasteiger partial charge in [-0.15, -0.1) is 0 Å². The monoisotopic (exact) mass is 245 g/mol. The van der Waals surface area contributed by atoms with Gasteiger partial charge in [-0.3, -0.25) is 14.4 Å². The van der Waals surface area contributed by atoms with Crippen molar-refractivity contribution >= 4 is 23.8 Å². The Labute approximate surface area is 95.7 Å². The van der Waals surface area contributed by atoms with Gasteiger partial charge in [0.05, 0.1) is 6.42 Å². The number of imide groups is 1. The lowest BCUT2D eigenvalue weighted by molar-refractivity contribution is -0.199. The molecular weight excluding hydrogens is 234 g/mol. The van der Waals surface area contributed by atoms with Gasteiger partial charge >= 0.3 is 11.9 Å². The van der Waals surface area contributed by atoms with Crippen molar-refractivity contribution in [2.75, 3.05) is 0 Å². The lowest BCUT2D eigenvalue weighted by Crippen LogP contribution is -2.34. The summed E-state index contributed by atoms with van der Waals surface area (Å²) in [6, 6.07) is 0. The van der Waals surface area contributed by atoms with E-state index in [0.29, 0.717) is 0 Å². The number of carbonyl (C=O) groups excluding carboxylic acids is 3. The number of hydroxylamine groups is 2. The first-order chi connectivity index (χ1) is 7.91. The van der Waals surface area contributed by atoms with Crippen molar-refractivity contribution in [3.05, 3.63) is 0 Å². The zero-order chi connectivity index (χ0) is 13.0. The molecule has 1 atom stereocenters. The summed E-state index contributed by atoms with van der Waals surface area (Å²) in [6.07, 6.45) is -2.28. The molecule has 2 amide bonds. The fourth-order valence-electron chi connectivity index (χ4n) is 1.22. The molecule has 0 aromatic rings. The largest absolute Gasteiger partial charge is 0.481 e. The van der Waals surface area contributed by atoms with Crippen molar-refractivity contribution in [3.8, 4) is 0 Å². The summed E-state index contributed by atoms with van der Waals surface area (Å²) in [5, 5.41) is 17.6. The van der Waals surface area contributed by atoms with Gasteiger partial charge in [-0.2, -0.15) is 0 Å². The van der Waals surface area contributed by atoms with Crippen molar-refractivity contribution in [3.63, 3.8) is 0 Å². The van der Waals surface area contributed by atoms with Gasteiger partial charge in [0.2, 0.25) is 0 Å². The van der Waals surface area contributed by atoms with E-state index in [1.807, 2.05) is 0 Å². The van der Waals surface area contributed by atoms with E-state index in [4.69, 9.17) is 10.2 Å². The lowest BCUT2D eigenvalue weighted by atomic mass is 10.2. The molecule has 1 saturated heterocycles. The number of aliphatic hydroxyl groups excluding tert-OH is 1. The first-order valence-electron chi connectivity index (χ1n) is 4.89. The average molecular weight is 245 g/mol. The molecule has 8 heteroatoms. The van der Waals surface area contributed by atoms with E-state index < -0.39 is 36.3 Å². The van der Waals surface area contributed by atoms with E-state index in [2.05, 4.69) is 4.84 Å². The van der Waals surface area contributed by atoms with E-state index in [9.17, 15) is 19.2 Å². The molecular formula is C9H11NO7. The Kier molecular flexibility index (Phi) is 4.16. The van der Waals surface area contributed by atoms with Crippen LogP contribution in [-0.4, -0.2) is 45.1 Å². The molecule has 0 bridgehead atoms. The molecule has 1 aliphatic rings. The number of hydrogen-bond acceptors (Lipinski definition) is 6.